The number of nitrogens with two attached hydrogens (primary N) is 1. The van der Waals surface area contributed by atoms with E-state index < -0.39 is 0 Å². The van der Waals surface area contributed by atoms with E-state index in [-0.39, 0.29) is 24.4 Å². The number of carbonyl (C=O) groups is 1. The molecule has 1 amide bonds. The Morgan fingerprint density at radius 1 is 1.47 bits per heavy atom. The van der Waals surface area contributed by atoms with Gasteiger partial charge in [-0.25, -0.2) is 0 Å². The van der Waals surface area contributed by atoms with Crippen molar-refractivity contribution >= 4 is 18.3 Å². The summed E-state index contributed by atoms with van der Waals surface area (Å²) < 4.78 is 0. The lowest BCUT2D eigenvalue weighted by Gasteiger charge is -2.23. The van der Waals surface area contributed by atoms with Crippen LogP contribution in [-0.2, 0) is 0 Å². The Morgan fingerprint density at radius 2 is 2.16 bits per heavy atom. The van der Waals surface area contributed by atoms with E-state index in [0.29, 0.717) is 18.0 Å². The zero-order valence-electron chi connectivity index (χ0n) is 11.3. The second-order valence-corrected chi connectivity index (χ2v) is 5.05. The standard InChI is InChI=1S/C14H21N3O.ClH/c1-10-6-7-12(9-16-10)14(18)17-13(8-15)11-4-2-3-5-11;/h6-7,9,11,13H,2-5,8,15H2,1H3,(H,17,18);1H. The summed E-state index contributed by atoms with van der Waals surface area (Å²) in [5.41, 5.74) is 7.30. The predicted molar refractivity (Wildman–Crippen MR) is 78.5 cm³/mol. The van der Waals surface area contributed by atoms with Crippen LogP contribution in [0, 0.1) is 12.8 Å². The van der Waals surface area contributed by atoms with E-state index in [2.05, 4.69) is 10.3 Å². The summed E-state index contributed by atoms with van der Waals surface area (Å²) in [5, 5.41) is 3.04. The van der Waals surface area contributed by atoms with Crippen LogP contribution in [0.5, 0.6) is 0 Å². The van der Waals surface area contributed by atoms with Crippen molar-refractivity contribution in [1.29, 1.82) is 0 Å². The maximum absolute atomic E-state index is 12.1. The highest BCUT2D eigenvalue weighted by atomic mass is 35.5. The maximum Gasteiger partial charge on any atom is 0.253 e. The number of amides is 1. The van der Waals surface area contributed by atoms with Gasteiger partial charge in [0, 0.05) is 24.5 Å². The van der Waals surface area contributed by atoms with Crippen molar-refractivity contribution in [3.63, 3.8) is 0 Å². The number of hydrogen-bond acceptors (Lipinski definition) is 3. The normalized spacial score (nSPS) is 16.7. The number of carbonyl (C=O) groups excluding carboxylic acids is 1. The van der Waals surface area contributed by atoms with Gasteiger partial charge in [-0.1, -0.05) is 12.8 Å². The minimum Gasteiger partial charge on any atom is -0.348 e. The van der Waals surface area contributed by atoms with Gasteiger partial charge in [0.25, 0.3) is 5.91 Å². The Morgan fingerprint density at radius 3 is 2.68 bits per heavy atom. The van der Waals surface area contributed by atoms with E-state index in [4.69, 9.17) is 5.73 Å². The lowest BCUT2D eigenvalue weighted by atomic mass is 9.98. The van der Waals surface area contributed by atoms with E-state index in [9.17, 15) is 4.79 Å². The van der Waals surface area contributed by atoms with Gasteiger partial charge in [-0.05, 0) is 37.8 Å². The first-order valence-corrected chi connectivity index (χ1v) is 6.64. The molecule has 19 heavy (non-hydrogen) atoms. The highest BCUT2D eigenvalue weighted by Gasteiger charge is 2.25. The Labute approximate surface area is 120 Å². The van der Waals surface area contributed by atoms with Crippen molar-refractivity contribution in [3.05, 3.63) is 29.6 Å². The molecule has 106 valence electrons. The molecule has 4 nitrogen and oxygen atoms in total. The topological polar surface area (TPSA) is 68.0 Å². The molecule has 1 fully saturated rings. The molecular weight excluding hydrogens is 262 g/mol. The van der Waals surface area contributed by atoms with Crippen LogP contribution in [-0.4, -0.2) is 23.5 Å². The third-order valence-corrected chi connectivity index (χ3v) is 3.71. The number of hydrogen-bond donors (Lipinski definition) is 2. The average molecular weight is 284 g/mol. The molecule has 1 aromatic heterocycles. The zero-order valence-corrected chi connectivity index (χ0v) is 12.1. The van der Waals surface area contributed by atoms with Crippen LogP contribution >= 0.6 is 12.4 Å². The van der Waals surface area contributed by atoms with E-state index in [0.717, 1.165) is 5.69 Å². The molecule has 3 N–H and O–H groups in total. The summed E-state index contributed by atoms with van der Waals surface area (Å²) in [6.07, 6.45) is 6.47. The molecule has 0 spiro atoms. The Kier molecular flexibility index (Phi) is 6.25. The fourth-order valence-corrected chi connectivity index (χ4v) is 2.58. The number of pyridine rings is 1. The van der Waals surface area contributed by atoms with Gasteiger partial charge in [-0.15, -0.1) is 12.4 Å². The van der Waals surface area contributed by atoms with Gasteiger partial charge in [0.2, 0.25) is 0 Å². The first-order chi connectivity index (χ1) is 8.70. The summed E-state index contributed by atoms with van der Waals surface area (Å²) in [7, 11) is 0. The lowest BCUT2D eigenvalue weighted by Crippen LogP contribution is -2.44. The molecule has 1 aromatic rings. The quantitative estimate of drug-likeness (QED) is 0.889. The number of halogens is 1. The van der Waals surface area contributed by atoms with Crippen LogP contribution < -0.4 is 11.1 Å². The van der Waals surface area contributed by atoms with Crippen LogP contribution in [0.2, 0.25) is 0 Å². The summed E-state index contributed by atoms with van der Waals surface area (Å²) in [5.74, 6) is 0.474. The second kappa shape index (κ2) is 7.46. The van der Waals surface area contributed by atoms with Crippen LogP contribution in [0.25, 0.3) is 0 Å². The maximum atomic E-state index is 12.1. The number of nitrogens with one attached hydrogen (secondary N) is 1. The van der Waals surface area contributed by atoms with Crippen LogP contribution in [0.3, 0.4) is 0 Å². The molecule has 0 saturated heterocycles. The van der Waals surface area contributed by atoms with Crippen molar-refractivity contribution < 1.29 is 4.79 Å². The predicted octanol–water partition coefficient (Wildman–Crippen LogP) is 2.06. The minimum atomic E-state index is -0.0650. The summed E-state index contributed by atoms with van der Waals surface area (Å²) >= 11 is 0. The fraction of sp³-hybridized carbons (Fsp3) is 0.571. The molecule has 1 atom stereocenters. The lowest BCUT2D eigenvalue weighted by molar-refractivity contribution is 0.0924. The van der Waals surface area contributed by atoms with E-state index in [1.54, 1.807) is 12.3 Å². The number of rotatable bonds is 4. The van der Waals surface area contributed by atoms with Crippen LogP contribution in [0.1, 0.15) is 41.7 Å². The van der Waals surface area contributed by atoms with Gasteiger partial charge in [0.1, 0.15) is 0 Å². The van der Waals surface area contributed by atoms with Gasteiger partial charge in [-0.2, -0.15) is 0 Å². The summed E-state index contributed by atoms with van der Waals surface area (Å²) in [6.45, 7) is 2.42. The van der Waals surface area contributed by atoms with Crippen molar-refractivity contribution in [2.45, 2.75) is 38.6 Å². The van der Waals surface area contributed by atoms with Gasteiger partial charge in [-0.3, -0.25) is 9.78 Å². The van der Waals surface area contributed by atoms with E-state index >= 15 is 0 Å². The highest BCUT2D eigenvalue weighted by Crippen LogP contribution is 2.27. The highest BCUT2D eigenvalue weighted by molar-refractivity contribution is 5.94. The van der Waals surface area contributed by atoms with Crippen molar-refractivity contribution in [2.75, 3.05) is 6.54 Å². The molecule has 0 aromatic carbocycles. The molecule has 1 heterocycles. The van der Waals surface area contributed by atoms with Crippen molar-refractivity contribution in [2.24, 2.45) is 11.7 Å². The monoisotopic (exact) mass is 283 g/mol. The van der Waals surface area contributed by atoms with Gasteiger partial charge in [0.15, 0.2) is 0 Å². The molecule has 1 unspecified atom stereocenters. The van der Waals surface area contributed by atoms with Gasteiger partial charge < -0.3 is 11.1 Å². The molecule has 1 aliphatic carbocycles. The molecular formula is C14H22ClN3O. The molecule has 0 aliphatic heterocycles. The van der Waals surface area contributed by atoms with E-state index in [1.165, 1.54) is 25.7 Å². The molecule has 5 heteroatoms. The van der Waals surface area contributed by atoms with Gasteiger partial charge in [0.05, 0.1) is 5.56 Å². The van der Waals surface area contributed by atoms with Crippen molar-refractivity contribution in [1.82, 2.24) is 10.3 Å². The Balaban J connectivity index is 0.00000180. The SMILES string of the molecule is Cc1ccc(C(=O)NC(CN)C2CCCC2)cn1.Cl. The number of nitrogens with zero attached hydrogens (tertiary/aromatic N) is 1. The molecule has 0 radical (unpaired) electrons. The fourth-order valence-electron chi connectivity index (χ4n) is 2.58. The third-order valence-electron chi connectivity index (χ3n) is 3.71. The number of aromatic nitrogens is 1. The smallest absolute Gasteiger partial charge is 0.253 e. The number of aryl methyl sites for hydroxylation is 1. The summed E-state index contributed by atoms with van der Waals surface area (Å²) in [4.78, 5) is 16.2. The molecule has 1 aliphatic rings. The van der Waals surface area contributed by atoms with E-state index in [1.807, 2.05) is 13.0 Å². The molecule has 1 saturated carbocycles. The van der Waals surface area contributed by atoms with Crippen LogP contribution in [0.15, 0.2) is 18.3 Å². The Hall–Kier alpha value is -1.13. The minimum absolute atomic E-state index is 0. The second-order valence-electron chi connectivity index (χ2n) is 5.05. The zero-order chi connectivity index (χ0) is 13.0. The third kappa shape index (κ3) is 4.18. The first-order valence-electron chi connectivity index (χ1n) is 6.64. The van der Waals surface area contributed by atoms with Crippen LogP contribution in [0.4, 0.5) is 0 Å². The average Bonchev–Trinajstić information content (AvgIpc) is 2.90. The Bertz CT molecular complexity index is 402. The molecule has 2 rings (SSSR count). The van der Waals surface area contributed by atoms with Gasteiger partial charge >= 0.3 is 0 Å². The first kappa shape index (κ1) is 15.9. The molecule has 0 bridgehead atoms. The van der Waals surface area contributed by atoms with Crippen molar-refractivity contribution in [3.8, 4) is 0 Å². The largest absolute Gasteiger partial charge is 0.348 e. The summed E-state index contributed by atoms with van der Waals surface area (Å²) in [6, 6.07) is 3.75.